The van der Waals surface area contributed by atoms with E-state index in [1.807, 2.05) is 0 Å². The van der Waals surface area contributed by atoms with Gasteiger partial charge in [-0.2, -0.15) is 5.10 Å². The molecule has 0 aliphatic rings. The predicted molar refractivity (Wildman–Crippen MR) is 120 cm³/mol. The number of anilines is 1. The average Bonchev–Trinajstić information content (AvgIpc) is 3.16. The Labute approximate surface area is 191 Å². The van der Waals surface area contributed by atoms with Gasteiger partial charge in [0.15, 0.2) is 0 Å². The van der Waals surface area contributed by atoms with E-state index < -0.39 is 22.5 Å². The maximum atomic E-state index is 14.6. The Kier molecular flexibility index (Phi) is 7.30. The SMILES string of the molecule is C[C@@H](SC(=S)Nc1ccc(Cl)cc1Cl)[C@](O)(Cn1cncn1)c1ccc(F)cc1F. The molecule has 0 fully saturated rings. The number of aliphatic hydroxyl groups is 1. The molecule has 0 spiro atoms. The Bertz CT molecular complexity index is 1060. The van der Waals surface area contributed by atoms with Crippen molar-refractivity contribution in [2.75, 3.05) is 5.32 Å². The molecular weight excluding hydrogens is 473 g/mol. The van der Waals surface area contributed by atoms with E-state index in [-0.39, 0.29) is 12.1 Å². The standard InChI is InChI=1S/C19H16Cl2F2N4OS2/c1-11(30-18(29)26-17-5-2-12(20)6-15(17)21)19(28,8-27-10-24-9-25-27)14-4-3-13(22)7-16(14)23/h2-7,9-11,28H,8H2,1H3,(H,26,29)/t11-,19-/m1/s1. The molecule has 11 heteroatoms. The van der Waals surface area contributed by atoms with Crippen molar-refractivity contribution in [3.05, 3.63) is 76.3 Å². The lowest BCUT2D eigenvalue weighted by Crippen LogP contribution is -2.42. The molecule has 158 valence electrons. The molecule has 2 N–H and O–H groups in total. The lowest BCUT2D eigenvalue weighted by Gasteiger charge is -2.34. The van der Waals surface area contributed by atoms with E-state index in [2.05, 4.69) is 15.4 Å². The van der Waals surface area contributed by atoms with Gasteiger partial charge in [0, 0.05) is 21.9 Å². The summed E-state index contributed by atoms with van der Waals surface area (Å²) in [6.07, 6.45) is 2.70. The van der Waals surface area contributed by atoms with E-state index in [9.17, 15) is 13.9 Å². The van der Waals surface area contributed by atoms with Gasteiger partial charge >= 0.3 is 0 Å². The summed E-state index contributed by atoms with van der Waals surface area (Å²) in [6, 6.07) is 7.92. The molecular formula is C19H16Cl2F2N4OS2. The van der Waals surface area contributed by atoms with E-state index in [1.165, 1.54) is 23.4 Å². The summed E-state index contributed by atoms with van der Waals surface area (Å²) in [4.78, 5) is 3.85. The molecule has 5 nitrogen and oxygen atoms in total. The molecule has 1 aromatic heterocycles. The van der Waals surface area contributed by atoms with Gasteiger partial charge in [-0.1, -0.05) is 53.2 Å². The van der Waals surface area contributed by atoms with Crippen LogP contribution in [0.2, 0.25) is 10.0 Å². The number of thiocarbonyl (C=S) groups is 1. The Morgan fingerprint density at radius 1 is 1.30 bits per heavy atom. The largest absolute Gasteiger partial charge is 0.382 e. The second-order valence-electron chi connectivity index (χ2n) is 6.44. The highest BCUT2D eigenvalue weighted by Gasteiger charge is 2.40. The number of hydrogen-bond donors (Lipinski definition) is 2. The van der Waals surface area contributed by atoms with Crippen LogP contribution in [0.25, 0.3) is 0 Å². The van der Waals surface area contributed by atoms with Crippen molar-refractivity contribution in [2.24, 2.45) is 0 Å². The second kappa shape index (κ2) is 9.57. The maximum Gasteiger partial charge on any atom is 0.138 e. The molecule has 0 unspecified atom stereocenters. The van der Waals surface area contributed by atoms with Gasteiger partial charge < -0.3 is 10.4 Å². The molecule has 3 rings (SSSR count). The van der Waals surface area contributed by atoms with Crippen LogP contribution in [0, 0.1) is 11.6 Å². The third kappa shape index (κ3) is 5.28. The highest BCUT2D eigenvalue weighted by atomic mass is 35.5. The number of benzene rings is 2. The highest BCUT2D eigenvalue weighted by molar-refractivity contribution is 8.23. The van der Waals surface area contributed by atoms with Crippen LogP contribution in [-0.2, 0) is 12.1 Å². The quantitative estimate of drug-likeness (QED) is 0.460. The van der Waals surface area contributed by atoms with Crippen LogP contribution in [-0.4, -0.2) is 29.4 Å². The Balaban J connectivity index is 1.86. The lowest BCUT2D eigenvalue weighted by atomic mass is 9.90. The number of nitrogens with one attached hydrogen (secondary N) is 1. The van der Waals surface area contributed by atoms with E-state index in [1.54, 1.807) is 25.1 Å². The summed E-state index contributed by atoms with van der Waals surface area (Å²) < 4.78 is 29.7. The van der Waals surface area contributed by atoms with Crippen LogP contribution in [0.4, 0.5) is 14.5 Å². The summed E-state index contributed by atoms with van der Waals surface area (Å²) in [7, 11) is 0. The zero-order chi connectivity index (χ0) is 21.9. The van der Waals surface area contributed by atoms with E-state index in [4.69, 9.17) is 35.4 Å². The van der Waals surface area contributed by atoms with Crippen molar-refractivity contribution in [3.63, 3.8) is 0 Å². The van der Waals surface area contributed by atoms with Gasteiger partial charge in [-0.25, -0.2) is 18.4 Å². The van der Waals surface area contributed by atoms with Crippen molar-refractivity contribution in [3.8, 4) is 0 Å². The summed E-state index contributed by atoms with van der Waals surface area (Å²) in [6.45, 7) is 1.57. The van der Waals surface area contributed by atoms with Gasteiger partial charge in [-0.15, -0.1) is 0 Å². The first-order valence-electron chi connectivity index (χ1n) is 8.62. The number of hydrogen-bond acceptors (Lipinski definition) is 5. The van der Waals surface area contributed by atoms with Crippen LogP contribution in [0.5, 0.6) is 0 Å². The Morgan fingerprint density at radius 2 is 2.07 bits per heavy atom. The van der Waals surface area contributed by atoms with Crippen LogP contribution < -0.4 is 5.32 Å². The van der Waals surface area contributed by atoms with Gasteiger partial charge in [-0.3, -0.25) is 0 Å². The van der Waals surface area contributed by atoms with Crippen molar-refractivity contribution >= 4 is 57.2 Å². The van der Waals surface area contributed by atoms with E-state index in [0.717, 1.165) is 23.9 Å². The fraction of sp³-hybridized carbons (Fsp3) is 0.211. The summed E-state index contributed by atoms with van der Waals surface area (Å²) in [5, 5.41) is 18.7. The van der Waals surface area contributed by atoms with Crippen molar-refractivity contribution in [2.45, 2.75) is 24.3 Å². The molecule has 30 heavy (non-hydrogen) atoms. The molecule has 0 saturated heterocycles. The van der Waals surface area contributed by atoms with Gasteiger partial charge in [0.1, 0.15) is 34.2 Å². The molecule has 0 aliphatic heterocycles. The zero-order valence-electron chi connectivity index (χ0n) is 15.5. The van der Waals surface area contributed by atoms with Crippen LogP contribution in [0.1, 0.15) is 12.5 Å². The molecule has 0 saturated carbocycles. The van der Waals surface area contributed by atoms with Crippen LogP contribution >= 0.6 is 47.2 Å². The normalized spacial score (nSPS) is 14.2. The third-order valence-corrected chi connectivity index (χ3v) is 6.39. The summed E-state index contributed by atoms with van der Waals surface area (Å²) in [5.74, 6) is -1.61. The number of rotatable bonds is 6. The number of nitrogens with zero attached hydrogens (tertiary/aromatic N) is 3. The summed E-state index contributed by atoms with van der Waals surface area (Å²) >= 11 is 18.5. The van der Waals surface area contributed by atoms with Crippen molar-refractivity contribution < 1.29 is 13.9 Å². The number of thioether (sulfide) groups is 1. The highest BCUT2D eigenvalue weighted by Crippen LogP contribution is 2.37. The fourth-order valence-electron chi connectivity index (χ4n) is 2.82. The molecule has 2 atom stereocenters. The van der Waals surface area contributed by atoms with Crippen LogP contribution in [0.3, 0.4) is 0 Å². The minimum absolute atomic E-state index is 0.0771. The predicted octanol–water partition coefficient (Wildman–Crippen LogP) is 5.27. The van der Waals surface area contributed by atoms with Crippen LogP contribution in [0.15, 0.2) is 49.1 Å². The van der Waals surface area contributed by atoms with Crippen molar-refractivity contribution in [1.29, 1.82) is 0 Å². The topological polar surface area (TPSA) is 63.0 Å². The second-order valence-corrected chi connectivity index (χ2v) is 9.30. The Hall–Kier alpha value is -1.78. The number of halogens is 4. The maximum absolute atomic E-state index is 14.6. The minimum atomic E-state index is -1.77. The molecule has 0 aliphatic carbocycles. The molecule has 2 aromatic carbocycles. The molecule has 3 aromatic rings. The van der Waals surface area contributed by atoms with E-state index in [0.29, 0.717) is 20.1 Å². The zero-order valence-corrected chi connectivity index (χ0v) is 18.7. The van der Waals surface area contributed by atoms with Gasteiger partial charge in [0.05, 0.1) is 17.3 Å². The minimum Gasteiger partial charge on any atom is -0.382 e. The molecule has 0 bridgehead atoms. The molecule has 0 amide bonds. The Morgan fingerprint density at radius 3 is 2.70 bits per heavy atom. The van der Waals surface area contributed by atoms with Gasteiger partial charge in [0.2, 0.25) is 0 Å². The van der Waals surface area contributed by atoms with Gasteiger partial charge in [0.25, 0.3) is 0 Å². The van der Waals surface area contributed by atoms with Gasteiger partial charge in [-0.05, 0) is 31.2 Å². The first-order valence-corrected chi connectivity index (χ1v) is 10.7. The first-order chi connectivity index (χ1) is 14.2. The monoisotopic (exact) mass is 488 g/mol. The fourth-order valence-corrected chi connectivity index (χ4v) is 4.71. The first kappa shape index (κ1) is 22.9. The number of aromatic nitrogens is 3. The van der Waals surface area contributed by atoms with Crippen molar-refractivity contribution in [1.82, 2.24) is 14.8 Å². The third-order valence-electron chi connectivity index (χ3n) is 4.39. The lowest BCUT2D eigenvalue weighted by molar-refractivity contribution is 0.0136. The average molecular weight is 489 g/mol. The van der Waals surface area contributed by atoms with E-state index >= 15 is 0 Å². The molecule has 1 heterocycles. The molecule has 0 radical (unpaired) electrons. The summed E-state index contributed by atoms with van der Waals surface area (Å²) in [5.41, 5.74) is -1.31. The smallest absolute Gasteiger partial charge is 0.138 e.